The SMILES string of the molecule is COCC(CCBr)NC(=O)c1cc(Cl)sc1Cl. The Kier molecular flexibility index (Phi) is 6.80. The highest BCUT2D eigenvalue weighted by molar-refractivity contribution is 9.09. The van der Waals surface area contributed by atoms with Crippen molar-refractivity contribution < 1.29 is 9.53 Å². The molecule has 0 saturated carbocycles. The molecule has 3 nitrogen and oxygen atoms in total. The van der Waals surface area contributed by atoms with Gasteiger partial charge >= 0.3 is 0 Å². The van der Waals surface area contributed by atoms with Crippen LogP contribution in [-0.2, 0) is 4.74 Å². The first-order valence-electron chi connectivity index (χ1n) is 4.89. The summed E-state index contributed by atoms with van der Waals surface area (Å²) in [5.74, 6) is -0.221. The summed E-state index contributed by atoms with van der Waals surface area (Å²) in [6, 6.07) is 1.53. The van der Waals surface area contributed by atoms with Gasteiger partial charge in [-0.2, -0.15) is 0 Å². The van der Waals surface area contributed by atoms with Crippen LogP contribution in [0.3, 0.4) is 0 Å². The lowest BCUT2D eigenvalue weighted by molar-refractivity contribution is 0.0896. The van der Waals surface area contributed by atoms with E-state index in [-0.39, 0.29) is 11.9 Å². The topological polar surface area (TPSA) is 38.3 Å². The first kappa shape index (κ1) is 15.2. The normalized spacial score (nSPS) is 12.5. The van der Waals surface area contributed by atoms with Gasteiger partial charge in [-0.3, -0.25) is 4.79 Å². The molecule has 1 amide bonds. The summed E-state index contributed by atoms with van der Waals surface area (Å²) in [6.45, 7) is 0.465. The van der Waals surface area contributed by atoms with Crippen LogP contribution in [0.4, 0.5) is 0 Å². The van der Waals surface area contributed by atoms with Crippen molar-refractivity contribution >= 4 is 56.4 Å². The average molecular weight is 361 g/mol. The number of hydrogen-bond acceptors (Lipinski definition) is 3. The van der Waals surface area contributed by atoms with E-state index >= 15 is 0 Å². The molecule has 7 heteroatoms. The molecule has 1 atom stereocenters. The third-order valence-electron chi connectivity index (χ3n) is 2.06. The number of methoxy groups -OCH3 is 1. The highest BCUT2D eigenvalue weighted by Gasteiger charge is 2.17. The zero-order chi connectivity index (χ0) is 12.8. The summed E-state index contributed by atoms with van der Waals surface area (Å²) in [7, 11) is 1.60. The van der Waals surface area contributed by atoms with Crippen LogP contribution in [0.2, 0.25) is 8.67 Å². The largest absolute Gasteiger partial charge is 0.383 e. The molecule has 1 heterocycles. The number of rotatable bonds is 6. The van der Waals surface area contributed by atoms with Crippen LogP contribution < -0.4 is 5.32 Å². The Morgan fingerprint density at radius 3 is 2.82 bits per heavy atom. The Balaban J connectivity index is 2.66. The van der Waals surface area contributed by atoms with Crippen LogP contribution in [0.1, 0.15) is 16.8 Å². The summed E-state index contributed by atoms with van der Waals surface area (Å²) in [4.78, 5) is 11.9. The Bertz CT molecular complexity index is 380. The van der Waals surface area contributed by atoms with Crippen LogP contribution in [0.15, 0.2) is 6.07 Å². The number of hydrogen-bond donors (Lipinski definition) is 1. The molecule has 1 N–H and O–H groups in total. The summed E-state index contributed by atoms with van der Waals surface area (Å²) in [5, 5.41) is 3.65. The Morgan fingerprint density at radius 1 is 1.65 bits per heavy atom. The van der Waals surface area contributed by atoms with Crippen LogP contribution in [0.5, 0.6) is 0 Å². The van der Waals surface area contributed by atoms with Gasteiger partial charge in [-0.25, -0.2) is 0 Å². The Hall–Kier alpha value is 0.190. The van der Waals surface area contributed by atoms with Crippen molar-refractivity contribution in [2.45, 2.75) is 12.5 Å². The van der Waals surface area contributed by atoms with Crippen molar-refractivity contribution in [2.75, 3.05) is 19.0 Å². The minimum atomic E-state index is -0.221. The summed E-state index contributed by atoms with van der Waals surface area (Å²) in [6.07, 6.45) is 0.787. The van der Waals surface area contributed by atoms with E-state index in [2.05, 4.69) is 21.2 Å². The summed E-state index contributed by atoms with van der Waals surface area (Å²) >= 11 is 16.2. The number of halogens is 3. The molecule has 1 aromatic heterocycles. The van der Waals surface area contributed by atoms with Crippen molar-refractivity contribution in [3.8, 4) is 0 Å². The Morgan fingerprint density at radius 2 is 2.35 bits per heavy atom. The zero-order valence-corrected chi connectivity index (χ0v) is 13.0. The molecule has 96 valence electrons. The molecular formula is C10H12BrCl2NO2S. The summed E-state index contributed by atoms with van der Waals surface area (Å²) in [5.41, 5.74) is 0.414. The van der Waals surface area contributed by atoms with E-state index in [4.69, 9.17) is 27.9 Å². The quantitative estimate of drug-likeness (QED) is 0.787. The van der Waals surface area contributed by atoms with Gasteiger partial charge in [0.05, 0.1) is 22.5 Å². The average Bonchev–Trinajstić information content (AvgIpc) is 2.58. The standard InChI is InChI=1S/C10H12BrCl2NO2S/c1-16-5-6(2-3-11)14-10(15)7-4-8(12)17-9(7)13/h4,6H,2-3,5H2,1H3,(H,14,15). The summed E-state index contributed by atoms with van der Waals surface area (Å²) < 4.78 is 5.95. The number of alkyl halides is 1. The molecule has 1 unspecified atom stereocenters. The predicted octanol–water partition coefficient (Wildman–Crippen LogP) is 3.58. The fourth-order valence-electron chi connectivity index (χ4n) is 1.29. The highest BCUT2D eigenvalue weighted by Crippen LogP contribution is 2.31. The lowest BCUT2D eigenvalue weighted by Crippen LogP contribution is -2.38. The number of ether oxygens (including phenoxy) is 1. The Labute approximate surface area is 123 Å². The second kappa shape index (κ2) is 7.59. The highest BCUT2D eigenvalue weighted by atomic mass is 79.9. The van der Waals surface area contributed by atoms with Crippen LogP contribution in [0.25, 0.3) is 0 Å². The van der Waals surface area contributed by atoms with Gasteiger partial charge < -0.3 is 10.1 Å². The molecule has 0 spiro atoms. The van der Waals surface area contributed by atoms with E-state index < -0.39 is 0 Å². The molecule has 1 aromatic rings. The lowest BCUT2D eigenvalue weighted by atomic mass is 10.2. The van der Waals surface area contributed by atoms with Crippen LogP contribution >= 0.6 is 50.5 Å². The van der Waals surface area contributed by atoms with E-state index in [1.54, 1.807) is 13.2 Å². The van der Waals surface area contributed by atoms with E-state index in [1.165, 1.54) is 11.3 Å². The van der Waals surface area contributed by atoms with Gasteiger partial charge in [-0.05, 0) is 12.5 Å². The van der Waals surface area contributed by atoms with Gasteiger partial charge in [-0.15, -0.1) is 11.3 Å². The fourth-order valence-corrected chi connectivity index (χ4v) is 3.30. The molecule has 0 aliphatic carbocycles. The molecule has 0 bridgehead atoms. The minimum absolute atomic E-state index is 0.0402. The van der Waals surface area contributed by atoms with E-state index in [1.807, 2.05) is 0 Å². The number of carbonyl (C=O) groups is 1. The van der Waals surface area contributed by atoms with Gasteiger partial charge in [-0.1, -0.05) is 39.1 Å². The van der Waals surface area contributed by atoms with Crippen molar-refractivity contribution in [1.29, 1.82) is 0 Å². The maximum absolute atomic E-state index is 11.9. The number of nitrogens with one attached hydrogen (secondary N) is 1. The number of carbonyl (C=O) groups excluding carboxylic acids is 1. The first-order valence-corrected chi connectivity index (χ1v) is 7.58. The molecule has 1 rings (SSSR count). The van der Waals surface area contributed by atoms with Gasteiger partial charge in [0.2, 0.25) is 0 Å². The second-order valence-electron chi connectivity index (χ2n) is 3.34. The molecule has 0 aliphatic heterocycles. The van der Waals surface area contributed by atoms with Gasteiger partial charge in [0.25, 0.3) is 5.91 Å². The predicted molar refractivity (Wildman–Crippen MR) is 75.9 cm³/mol. The maximum atomic E-state index is 11.9. The van der Waals surface area contributed by atoms with Crippen molar-refractivity contribution in [3.63, 3.8) is 0 Å². The number of thiophene rings is 1. The molecule has 17 heavy (non-hydrogen) atoms. The lowest BCUT2D eigenvalue weighted by Gasteiger charge is -2.16. The monoisotopic (exact) mass is 359 g/mol. The van der Waals surface area contributed by atoms with E-state index in [0.717, 1.165) is 11.8 Å². The zero-order valence-electron chi connectivity index (χ0n) is 9.13. The molecule has 0 aliphatic rings. The van der Waals surface area contributed by atoms with Crippen LogP contribution in [0, 0.1) is 0 Å². The third-order valence-corrected chi connectivity index (χ3v) is 4.01. The number of amides is 1. The van der Waals surface area contributed by atoms with Crippen molar-refractivity contribution in [3.05, 3.63) is 20.3 Å². The van der Waals surface area contributed by atoms with E-state index in [0.29, 0.717) is 20.8 Å². The second-order valence-corrected chi connectivity index (χ2v) is 6.42. The molecular weight excluding hydrogens is 349 g/mol. The minimum Gasteiger partial charge on any atom is -0.383 e. The first-order chi connectivity index (χ1) is 8.08. The fraction of sp³-hybridized carbons (Fsp3) is 0.500. The van der Waals surface area contributed by atoms with E-state index in [9.17, 15) is 4.79 Å². The molecule has 0 saturated heterocycles. The third kappa shape index (κ3) is 4.75. The van der Waals surface area contributed by atoms with Crippen molar-refractivity contribution in [1.82, 2.24) is 5.32 Å². The molecule has 0 aromatic carbocycles. The smallest absolute Gasteiger partial charge is 0.254 e. The maximum Gasteiger partial charge on any atom is 0.254 e. The van der Waals surface area contributed by atoms with Crippen molar-refractivity contribution in [2.24, 2.45) is 0 Å². The van der Waals surface area contributed by atoms with Crippen LogP contribution in [-0.4, -0.2) is 31.0 Å². The molecule has 0 radical (unpaired) electrons. The molecule has 0 fully saturated rings. The van der Waals surface area contributed by atoms with Gasteiger partial charge in [0.15, 0.2) is 0 Å². The van der Waals surface area contributed by atoms with Gasteiger partial charge in [0.1, 0.15) is 4.34 Å². The van der Waals surface area contributed by atoms with Gasteiger partial charge in [0, 0.05) is 12.4 Å².